The number of aliphatic hydroxyl groups is 1. The Bertz CT molecular complexity index is 349. The summed E-state index contributed by atoms with van der Waals surface area (Å²) in [6.45, 7) is 6.00. The van der Waals surface area contributed by atoms with Gasteiger partial charge in [-0.1, -0.05) is 13.8 Å². The van der Waals surface area contributed by atoms with E-state index >= 15 is 0 Å². The van der Waals surface area contributed by atoms with Crippen LogP contribution in [0, 0.1) is 17.3 Å². The molecule has 0 aromatic carbocycles. The zero-order valence-electron chi connectivity index (χ0n) is 12.7. The third-order valence-corrected chi connectivity index (χ3v) is 4.86. The first-order chi connectivity index (χ1) is 9.47. The van der Waals surface area contributed by atoms with Crippen LogP contribution in [-0.2, 0) is 14.3 Å². The van der Waals surface area contributed by atoms with Gasteiger partial charge in [-0.25, -0.2) is 0 Å². The number of esters is 1. The molecule has 2 N–H and O–H groups in total. The summed E-state index contributed by atoms with van der Waals surface area (Å²) >= 11 is 0. The molecule has 0 radical (unpaired) electrons. The smallest absolute Gasteiger partial charge is 0.322 e. The second-order valence-electron chi connectivity index (χ2n) is 6.80. The average molecular weight is 285 g/mol. The maximum Gasteiger partial charge on any atom is 0.322 e. The molecule has 0 spiro atoms. The summed E-state index contributed by atoms with van der Waals surface area (Å²) in [5.41, 5.74) is -0.0765. The second-order valence-corrected chi connectivity index (χ2v) is 6.80. The van der Waals surface area contributed by atoms with Crippen molar-refractivity contribution in [2.45, 2.75) is 45.3 Å². The van der Waals surface area contributed by atoms with Crippen LogP contribution >= 0.6 is 0 Å². The summed E-state index contributed by atoms with van der Waals surface area (Å²) in [5.74, 6) is 0.830. The minimum atomic E-state index is -0.162. The predicted molar refractivity (Wildman–Crippen MR) is 75.2 cm³/mol. The quantitative estimate of drug-likeness (QED) is 0.736. The van der Waals surface area contributed by atoms with Crippen LogP contribution in [0.2, 0.25) is 0 Å². The van der Waals surface area contributed by atoms with Crippen LogP contribution in [0.1, 0.15) is 33.1 Å². The van der Waals surface area contributed by atoms with Crippen LogP contribution in [0.4, 0.5) is 0 Å². The molecule has 0 bridgehead atoms. The van der Waals surface area contributed by atoms with Crippen molar-refractivity contribution in [3.05, 3.63) is 0 Å². The number of ether oxygens (including phenoxy) is 2. The molecule has 5 nitrogen and oxygen atoms in total. The molecule has 0 saturated carbocycles. The molecule has 2 rings (SSSR count). The number of carbonyl (C=O) groups excluding carboxylic acids is 1. The maximum atomic E-state index is 11.5. The maximum absolute atomic E-state index is 11.5. The second kappa shape index (κ2) is 6.41. The monoisotopic (exact) mass is 285 g/mol. The molecule has 20 heavy (non-hydrogen) atoms. The van der Waals surface area contributed by atoms with Crippen molar-refractivity contribution in [2.75, 3.05) is 26.9 Å². The van der Waals surface area contributed by atoms with Gasteiger partial charge in [0.1, 0.15) is 6.04 Å². The third-order valence-electron chi connectivity index (χ3n) is 4.86. The standard InChI is InChI=1S/C15H27NO4/c1-10(4-12-6-15(2,8-17)9-20-12)11-5-13(16-7-11)14(18)19-3/h10-13,16-17H,4-9H2,1-3H3/t10-,11?,12?,13?,15?/m1/s1. The Morgan fingerprint density at radius 1 is 1.60 bits per heavy atom. The van der Waals surface area contributed by atoms with Gasteiger partial charge in [-0.2, -0.15) is 0 Å². The number of carbonyl (C=O) groups is 1. The van der Waals surface area contributed by atoms with E-state index in [2.05, 4.69) is 19.2 Å². The van der Waals surface area contributed by atoms with Gasteiger partial charge in [0, 0.05) is 5.41 Å². The van der Waals surface area contributed by atoms with Gasteiger partial charge in [0.2, 0.25) is 0 Å². The number of hydrogen-bond acceptors (Lipinski definition) is 5. The SMILES string of the molecule is COC(=O)C1CC([C@H](C)CC2CC(C)(CO)CO2)CN1. The number of rotatable bonds is 5. The van der Waals surface area contributed by atoms with Crippen LogP contribution in [0.15, 0.2) is 0 Å². The van der Waals surface area contributed by atoms with Crippen molar-refractivity contribution in [2.24, 2.45) is 17.3 Å². The van der Waals surface area contributed by atoms with E-state index in [1.165, 1.54) is 7.11 Å². The molecule has 5 heteroatoms. The lowest BCUT2D eigenvalue weighted by Gasteiger charge is -2.22. The Morgan fingerprint density at radius 2 is 2.35 bits per heavy atom. The van der Waals surface area contributed by atoms with E-state index in [1.54, 1.807) is 0 Å². The Kier molecular flexibility index (Phi) is 5.04. The Morgan fingerprint density at radius 3 is 2.95 bits per heavy atom. The van der Waals surface area contributed by atoms with Gasteiger partial charge >= 0.3 is 5.97 Å². The van der Waals surface area contributed by atoms with Crippen molar-refractivity contribution in [1.29, 1.82) is 0 Å². The minimum absolute atomic E-state index is 0.0765. The molecular formula is C15H27NO4. The van der Waals surface area contributed by atoms with Gasteiger partial charge in [0.05, 0.1) is 26.4 Å². The molecule has 0 aromatic rings. The van der Waals surface area contributed by atoms with E-state index < -0.39 is 0 Å². The highest BCUT2D eigenvalue weighted by Gasteiger charge is 2.38. The zero-order chi connectivity index (χ0) is 14.8. The zero-order valence-corrected chi connectivity index (χ0v) is 12.7. The van der Waals surface area contributed by atoms with E-state index in [1.807, 2.05) is 0 Å². The van der Waals surface area contributed by atoms with Crippen molar-refractivity contribution in [3.63, 3.8) is 0 Å². The van der Waals surface area contributed by atoms with Gasteiger partial charge in [0.25, 0.3) is 0 Å². The number of nitrogens with one attached hydrogen (secondary N) is 1. The summed E-state index contributed by atoms with van der Waals surface area (Å²) in [6, 6.07) is -0.153. The van der Waals surface area contributed by atoms with Crippen LogP contribution < -0.4 is 5.32 Å². The summed E-state index contributed by atoms with van der Waals surface area (Å²) in [4.78, 5) is 11.5. The van der Waals surface area contributed by atoms with E-state index in [0.717, 1.165) is 25.8 Å². The van der Waals surface area contributed by atoms with Gasteiger partial charge in [-0.05, 0) is 37.6 Å². The molecule has 2 saturated heterocycles. The van der Waals surface area contributed by atoms with Crippen LogP contribution in [0.25, 0.3) is 0 Å². The summed E-state index contributed by atoms with van der Waals surface area (Å²) in [7, 11) is 1.43. The summed E-state index contributed by atoms with van der Waals surface area (Å²) in [5, 5.41) is 12.6. The highest BCUT2D eigenvalue weighted by Crippen LogP contribution is 2.36. The molecule has 4 unspecified atom stereocenters. The van der Waals surface area contributed by atoms with Crippen molar-refractivity contribution >= 4 is 5.97 Å². The van der Waals surface area contributed by atoms with Crippen molar-refractivity contribution in [1.82, 2.24) is 5.32 Å². The molecule has 2 aliphatic heterocycles. The Labute approximate surface area is 121 Å². The number of methoxy groups -OCH3 is 1. The predicted octanol–water partition coefficient (Wildman–Crippen LogP) is 0.951. The molecule has 0 amide bonds. The molecule has 2 fully saturated rings. The average Bonchev–Trinajstić information content (AvgIpc) is 3.06. The molecule has 5 atom stereocenters. The number of hydrogen-bond donors (Lipinski definition) is 2. The molecule has 2 heterocycles. The topological polar surface area (TPSA) is 67.8 Å². The van der Waals surface area contributed by atoms with Gasteiger partial charge in [0.15, 0.2) is 0 Å². The van der Waals surface area contributed by atoms with Crippen molar-refractivity contribution < 1.29 is 19.4 Å². The van der Waals surface area contributed by atoms with E-state index in [0.29, 0.717) is 18.4 Å². The van der Waals surface area contributed by atoms with Crippen LogP contribution in [-0.4, -0.2) is 50.1 Å². The highest BCUT2D eigenvalue weighted by molar-refractivity contribution is 5.76. The van der Waals surface area contributed by atoms with E-state index in [-0.39, 0.29) is 30.1 Å². The Balaban J connectivity index is 1.79. The first-order valence-corrected chi connectivity index (χ1v) is 7.51. The lowest BCUT2D eigenvalue weighted by atomic mass is 9.83. The fourth-order valence-electron chi connectivity index (χ4n) is 3.37. The van der Waals surface area contributed by atoms with Crippen molar-refractivity contribution in [3.8, 4) is 0 Å². The first kappa shape index (κ1) is 15.7. The molecule has 2 aliphatic rings. The fourth-order valence-corrected chi connectivity index (χ4v) is 3.37. The number of aliphatic hydroxyl groups excluding tert-OH is 1. The van der Waals surface area contributed by atoms with Gasteiger partial charge in [-0.15, -0.1) is 0 Å². The largest absolute Gasteiger partial charge is 0.468 e. The van der Waals surface area contributed by atoms with Gasteiger partial charge in [-0.3, -0.25) is 4.79 Å². The Hall–Kier alpha value is -0.650. The molecule has 116 valence electrons. The molecule has 0 aliphatic carbocycles. The van der Waals surface area contributed by atoms with Crippen LogP contribution in [0.3, 0.4) is 0 Å². The lowest BCUT2D eigenvalue weighted by molar-refractivity contribution is -0.142. The third kappa shape index (κ3) is 3.51. The van der Waals surface area contributed by atoms with E-state index in [9.17, 15) is 9.90 Å². The van der Waals surface area contributed by atoms with Crippen LogP contribution in [0.5, 0.6) is 0 Å². The fraction of sp³-hybridized carbons (Fsp3) is 0.933. The summed E-state index contributed by atoms with van der Waals surface area (Å²) in [6.07, 6.45) is 3.00. The molecule has 0 aromatic heterocycles. The summed E-state index contributed by atoms with van der Waals surface area (Å²) < 4.78 is 10.6. The molecular weight excluding hydrogens is 258 g/mol. The minimum Gasteiger partial charge on any atom is -0.468 e. The highest BCUT2D eigenvalue weighted by atomic mass is 16.5. The lowest BCUT2D eigenvalue weighted by Crippen LogP contribution is -2.31. The van der Waals surface area contributed by atoms with E-state index in [4.69, 9.17) is 9.47 Å². The normalized spacial score (nSPS) is 38.9. The van der Waals surface area contributed by atoms with Gasteiger partial charge < -0.3 is 19.9 Å². The first-order valence-electron chi connectivity index (χ1n) is 7.51.